The summed E-state index contributed by atoms with van der Waals surface area (Å²) in [5.74, 6) is 1.56. The van der Waals surface area contributed by atoms with Crippen molar-refractivity contribution < 1.29 is 4.74 Å². The number of nitriles is 1. The zero-order valence-electron chi connectivity index (χ0n) is 24.5. The third kappa shape index (κ3) is 6.38. The van der Waals surface area contributed by atoms with Crippen LogP contribution < -0.4 is 15.0 Å². The summed E-state index contributed by atoms with van der Waals surface area (Å²) in [5, 5.41) is 18.4. The fraction of sp³-hybridized carbons (Fsp3) is 0.469. The molecule has 1 N–H and O–H groups in total. The average Bonchev–Trinajstić information content (AvgIpc) is 3.00. The summed E-state index contributed by atoms with van der Waals surface area (Å²) in [7, 11) is 0. The minimum absolute atomic E-state index is 0.316. The van der Waals surface area contributed by atoms with Gasteiger partial charge in [-0.05, 0) is 47.5 Å². The SMILES string of the molecule is CC(C)(c1ccc(OCc2ccnc(N3CCN(C4CN(N5CCNCC5)C4)CC3)n2)cc1)c1cc(Cl)cc(C#N)c1. The number of ether oxygens (including phenoxy) is 1. The minimum Gasteiger partial charge on any atom is -0.487 e. The molecule has 1 aromatic heterocycles. The van der Waals surface area contributed by atoms with Crippen LogP contribution in [0.15, 0.2) is 54.7 Å². The summed E-state index contributed by atoms with van der Waals surface area (Å²) in [4.78, 5) is 14.3. The number of hydrogen-bond acceptors (Lipinski definition) is 9. The Hall–Kier alpha value is -3.26. The molecule has 0 saturated carbocycles. The van der Waals surface area contributed by atoms with Gasteiger partial charge in [0.25, 0.3) is 0 Å². The molecule has 10 heteroatoms. The number of benzene rings is 2. The maximum absolute atomic E-state index is 9.35. The number of piperazine rings is 2. The van der Waals surface area contributed by atoms with E-state index in [9.17, 15) is 5.26 Å². The molecule has 0 radical (unpaired) electrons. The Morgan fingerprint density at radius 1 is 0.952 bits per heavy atom. The molecule has 3 aliphatic heterocycles. The van der Waals surface area contributed by atoms with Crippen molar-refractivity contribution in [1.29, 1.82) is 5.26 Å². The van der Waals surface area contributed by atoms with Crippen LogP contribution in [0.25, 0.3) is 0 Å². The monoisotopic (exact) mass is 586 g/mol. The van der Waals surface area contributed by atoms with Gasteiger partial charge in [0, 0.05) is 88.1 Å². The van der Waals surface area contributed by atoms with Crippen molar-refractivity contribution in [3.8, 4) is 11.8 Å². The molecule has 3 aromatic rings. The third-order valence-electron chi connectivity index (χ3n) is 8.86. The smallest absolute Gasteiger partial charge is 0.225 e. The molecule has 0 bridgehead atoms. The summed E-state index contributed by atoms with van der Waals surface area (Å²) < 4.78 is 6.10. The van der Waals surface area contributed by atoms with E-state index in [1.54, 1.807) is 6.07 Å². The second kappa shape index (κ2) is 12.5. The van der Waals surface area contributed by atoms with Gasteiger partial charge in [0.15, 0.2) is 0 Å². The van der Waals surface area contributed by atoms with Crippen LogP contribution in [0.4, 0.5) is 5.95 Å². The van der Waals surface area contributed by atoms with Gasteiger partial charge in [-0.3, -0.25) is 4.90 Å². The standard InChI is InChI=1S/C32H39ClN8O/c1-32(2,26-17-24(20-34)18-27(33)19-26)25-3-5-30(6-4-25)42-23-28-7-8-36-31(37-28)39-15-13-38(14-16-39)29-21-41(22-29)40-11-9-35-10-12-40/h3-8,17-19,29,35H,9-16,21-23H2,1-2H3. The lowest BCUT2D eigenvalue weighted by atomic mass is 9.78. The number of anilines is 1. The Balaban J connectivity index is 1.00. The molecule has 3 saturated heterocycles. The molecular weight excluding hydrogens is 548 g/mol. The van der Waals surface area contributed by atoms with Crippen molar-refractivity contribution in [3.63, 3.8) is 0 Å². The largest absolute Gasteiger partial charge is 0.487 e. The molecule has 0 aliphatic carbocycles. The molecule has 0 atom stereocenters. The number of aromatic nitrogens is 2. The normalized spacial score (nSPS) is 19.3. The molecule has 6 rings (SSSR count). The molecule has 220 valence electrons. The molecule has 3 aliphatic rings. The minimum atomic E-state index is -0.316. The van der Waals surface area contributed by atoms with Gasteiger partial charge in [0.2, 0.25) is 5.95 Å². The van der Waals surface area contributed by atoms with Crippen molar-refractivity contribution >= 4 is 17.5 Å². The first-order valence-electron chi connectivity index (χ1n) is 14.8. The summed E-state index contributed by atoms with van der Waals surface area (Å²) in [6.07, 6.45) is 1.83. The molecule has 3 fully saturated rings. The lowest BCUT2D eigenvalue weighted by Gasteiger charge is -2.52. The lowest BCUT2D eigenvalue weighted by molar-refractivity contribution is -0.123. The molecule has 2 aromatic carbocycles. The van der Waals surface area contributed by atoms with Gasteiger partial charge in [-0.2, -0.15) is 5.26 Å². The Morgan fingerprint density at radius 2 is 1.69 bits per heavy atom. The zero-order valence-corrected chi connectivity index (χ0v) is 25.2. The van der Waals surface area contributed by atoms with Gasteiger partial charge in [-0.25, -0.2) is 20.0 Å². The number of nitrogens with zero attached hydrogens (tertiary/aromatic N) is 7. The Bertz CT molecular complexity index is 1400. The molecule has 42 heavy (non-hydrogen) atoms. The fourth-order valence-corrected chi connectivity index (χ4v) is 6.28. The summed E-state index contributed by atoms with van der Waals surface area (Å²) in [5.41, 5.74) is 3.22. The Kier molecular flexibility index (Phi) is 8.61. The van der Waals surface area contributed by atoms with E-state index in [0.29, 0.717) is 23.2 Å². The van der Waals surface area contributed by atoms with Gasteiger partial charge >= 0.3 is 0 Å². The second-order valence-corrected chi connectivity index (χ2v) is 12.3. The highest BCUT2D eigenvalue weighted by molar-refractivity contribution is 6.30. The number of halogens is 1. The van der Waals surface area contributed by atoms with E-state index in [0.717, 1.165) is 94.0 Å². The van der Waals surface area contributed by atoms with Crippen molar-refractivity contribution in [1.82, 2.24) is 30.2 Å². The highest BCUT2D eigenvalue weighted by Gasteiger charge is 2.36. The Labute approximate surface area is 253 Å². The van der Waals surface area contributed by atoms with E-state index in [-0.39, 0.29) is 5.41 Å². The quantitative estimate of drug-likeness (QED) is 0.426. The topological polar surface area (TPSA) is 83.8 Å². The van der Waals surface area contributed by atoms with E-state index in [2.05, 4.69) is 62.2 Å². The van der Waals surface area contributed by atoms with E-state index in [4.69, 9.17) is 21.3 Å². The highest BCUT2D eigenvalue weighted by Crippen LogP contribution is 2.34. The molecule has 0 spiro atoms. The first-order chi connectivity index (χ1) is 20.4. The maximum atomic E-state index is 9.35. The first kappa shape index (κ1) is 28.8. The van der Waals surface area contributed by atoms with Crippen LogP contribution in [0.3, 0.4) is 0 Å². The van der Waals surface area contributed by atoms with Crippen LogP contribution in [-0.2, 0) is 12.0 Å². The molecule has 9 nitrogen and oxygen atoms in total. The highest BCUT2D eigenvalue weighted by atomic mass is 35.5. The van der Waals surface area contributed by atoms with Crippen LogP contribution in [-0.4, -0.2) is 96.4 Å². The van der Waals surface area contributed by atoms with Crippen molar-refractivity contribution in [2.45, 2.75) is 31.9 Å². The lowest BCUT2D eigenvalue weighted by Crippen LogP contribution is -2.68. The van der Waals surface area contributed by atoms with E-state index in [1.807, 2.05) is 36.5 Å². The van der Waals surface area contributed by atoms with Crippen molar-refractivity contribution in [3.05, 3.63) is 82.1 Å². The van der Waals surface area contributed by atoms with Crippen LogP contribution in [0, 0.1) is 11.3 Å². The summed E-state index contributed by atoms with van der Waals surface area (Å²) >= 11 is 6.27. The van der Waals surface area contributed by atoms with Gasteiger partial charge < -0.3 is 15.0 Å². The second-order valence-electron chi connectivity index (χ2n) is 11.9. The van der Waals surface area contributed by atoms with Gasteiger partial charge in [-0.1, -0.05) is 37.6 Å². The van der Waals surface area contributed by atoms with Crippen LogP contribution in [0.2, 0.25) is 5.02 Å². The number of hydrazine groups is 1. The van der Waals surface area contributed by atoms with Crippen molar-refractivity contribution in [2.75, 3.05) is 70.3 Å². The molecular formula is C32H39ClN8O. The predicted molar refractivity (Wildman–Crippen MR) is 165 cm³/mol. The van der Waals surface area contributed by atoms with Crippen LogP contribution >= 0.6 is 11.6 Å². The van der Waals surface area contributed by atoms with Crippen LogP contribution in [0.5, 0.6) is 5.75 Å². The number of rotatable bonds is 8. The van der Waals surface area contributed by atoms with E-state index >= 15 is 0 Å². The summed E-state index contributed by atoms with van der Waals surface area (Å²) in [6.45, 7) is 15.3. The summed E-state index contributed by atoms with van der Waals surface area (Å²) in [6, 6.07) is 18.4. The Morgan fingerprint density at radius 3 is 2.40 bits per heavy atom. The number of nitrogens with one attached hydrogen (secondary N) is 1. The fourth-order valence-electron chi connectivity index (χ4n) is 6.04. The van der Waals surface area contributed by atoms with Crippen molar-refractivity contribution in [2.24, 2.45) is 0 Å². The average molecular weight is 587 g/mol. The van der Waals surface area contributed by atoms with Gasteiger partial charge in [0.1, 0.15) is 12.4 Å². The molecule has 4 heterocycles. The molecule has 0 amide bonds. The van der Waals surface area contributed by atoms with E-state index < -0.39 is 0 Å². The predicted octanol–water partition coefficient (Wildman–Crippen LogP) is 3.53. The zero-order chi connectivity index (χ0) is 29.1. The first-order valence-corrected chi connectivity index (χ1v) is 15.2. The number of hydrogen-bond donors (Lipinski definition) is 1. The van der Waals surface area contributed by atoms with E-state index in [1.165, 1.54) is 0 Å². The maximum Gasteiger partial charge on any atom is 0.225 e. The third-order valence-corrected chi connectivity index (χ3v) is 9.08. The molecule has 0 unspecified atom stereocenters. The van der Waals surface area contributed by atoms with Gasteiger partial charge in [0.05, 0.1) is 17.3 Å². The van der Waals surface area contributed by atoms with Gasteiger partial charge in [-0.15, -0.1) is 0 Å². The van der Waals surface area contributed by atoms with Crippen LogP contribution in [0.1, 0.15) is 36.2 Å².